The van der Waals surface area contributed by atoms with Crippen molar-refractivity contribution in [1.82, 2.24) is 9.80 Å². The molecule has 2 fully saturated rings. The van der Waals surface area contributed by atoms with Crippen LogP contribution in [0.3, 0.4) is 0 Å². The highest BCUT2D eigenvalue weighted by Crippen LogP contribution is 2.39. The van der Waals surface area contributed by atoms with Crippen molar-refractivity contribution in [2.75, 3.05) is 59.0 Å². The van der Waals surface area contributed by atoms with E-state index in [4.69, 9.17) is 14.2 Å². The highest BCUT2D eigenvalue weighted by Gasteiger charge is 2.38. The van der Waals surface area contributed by atoms with Crippen LogP contribution in [0.4, 0.5) is 10.5 Å². The molecule has 184 valence electrons. The van der Waals surface area contributed by atoms with Gasteiger partial charge in [-0.15, -0.1) is 0 Å². The average molecular weight is 498 g/mol. The number of para-hydroxylation sites is 1. The Morgan fingerprint density at radius 2 is 1.57 bits per heavy atom. The first kappa shape index (κ1) is 24.5. The smallest absolute Gasteiger partial charge is 0.294 e. The Labute approximate surface area is 208 Å². The Morgan fingerprint density at radius 1 is 0.943 bits per heavy atom. The van der Waals surface area contributed by atoms with Crippen molar-refractivity contribution >= 4 is 40.6 Å². The zero-order valence-electron chi connectivity index (χ0n) is 19.9. The molecule has 4 rings (SSSR count). The number of hydrogen-bond acceptors (Lipinski definition) is 8. The van der Waals surface area contributed by atoms with Crippen LogP contribution in [0.1, 0.15) is 5.56 Å². The summed E-state index contributed by atoms with van der Waals surface area (Å²) in [6, 6.07) is 13.3. The monoisotopic (exact) mass is 497 g/mol. The van der Waals surface area contributed by atoms with E-state index in [1.165, 1.54) is 21.3 Å². The third kappa shape index (κ3) is 5.22. The van der Waals surface area contributed by atoms with Crippen molar-refractivity contribution in [3.63, 3.8) is 0 Å². The van der Waals surface area contributed by atoms with E-state index >= 15 is 0 Å². The molecule has 9 nitrogen and oxygen atoms in total. The lowest BCUT2D eigenvalue weighted by Crippen LogP contribution is -2.51. The molecule has 3 amide bonds. The van der Waals surface area contributed by atoms with Gasteiger partial charge in [0.05, 0.1) is 31.8 Å². The van der Waals surface area contributed by atoms with Gasteiger partial charge in [0, 0.05) is 44.0 Å². The first-order chi connectivity index (χ1) is 16.9. The van der Waals surface area contributed by atoms with Gasteiger partial charge in [0.15, 0.2) is 0 Å². The number of nitrogens with zero attached hydrogens (tertiary/aromatic N) is 3. The van der Waals surface area contributed by atoms with Crippen molar-refractivity contribution in [3.05, 3.63) is 52.9 Å². The predicted molar refractivity (Wildman–Crippen MR) is 134 cm³/mol. The van der Waals surface area contributed by atoms with Crippen LogP contribution in [-0.2, 0) is 9.59 Å². The summed E-state index contributed by atoms with van der Waals surface area (Å²) < 4.78 is 16.1. The van der Waals surface area contributed by atoms with Crippen molar-refractivity contribution < 1.29 is 28.6 Å². The Hall–Kier alpha value is -3.66. The van der Waals surface area contributed by atoms with Gasteiger partial charge in [-0.25, -0.2) is 0 Å². The molecule has 0 spiro atoms. The molecule has 2 aliphatic rings. The minimum Gasteiger partial charge on any atom is -0.496 e. The summed E-state index contributed by atoms with van der Waals surface area (Å²) in [7, 11) is 4.51. The van der Waals surface area contributed by atoms with Crippen LogP contribution in [-0.4, -0.2) is 80.9 Å². The molecule has 0 unspecified atom stereocenters. The second kappa shape index (κ2) is 10.7. The predicted octanol–water partition coefficient (Wildman–Crippen LogP) is 3.10. The van der Waals surface area contributed by atoms with E-state index < -0.39 is 11.1 Å². The van der Waals surface area contributed by atoms with Crippen molar-refractivity contribution in [2.45, 2.75) is 0 Å². The first-order valence-electron chi connectivity index (χ1n) is 11.1. The van der Waals surface area contributed by atoms with Gasteiger partial charge in [-0.1, -0.05) is 18.2 Å². The van der Waals surface area contributed by atoms with Crippen LogP contribution in [0.2, 0.25) is 0 Å². The molecule has 2 aliphatic heterocycles. The number of thioether (sulfide) groups is 1. The summed E-state index contributed by atoms with van der Waals surface area (Å²) in [6.07, 6.45) is 1.55. The molecular weight excluding hydrogens is 470 g/mol. The highest BCUT2D eigenvalue weighted by atomic mass is 32.2. The van der Waals surface area contributed by atoms with Crippen LogP contribution >= 0.6 is 11.8 Å². The number of amides is 3. The topological polar surface area (TPSA) is 88.6 Å². The summed E-state index contributed by atoms with van der Waals surface area (Å²) in [6.45, 7) is 2.15. The molecule has 0 N–H and O–H groups in total. The number of piperazine rings is 1. The van der Waals surface area contributed by atoms with Gasteiger partial charge in [-0.05, 0) is 30.0 Å². The molecule has 2 aromatic rings. The number of hydrogen-bond donors (Lipinski definition) is 0. The molecule has 0 bridgehead atoms. The zero-order valence-corrected chi connectivity index (χ0v) is 20.7. The Balaban J connectivity index is 1.44. The largest absolute Gasteiger partial charge is 0.496 e. The van der Waals surface area contributed by atoms with Crippen LogP contribution in [0, 0.1) is 0 Å². The maximum absolute atomic E-state index is 13.0. The Kier molecular flexibility index (Phi) is 7.50. The fraction of sp³-hybridized carbons (Fsp3) is 0.320. The fourth-order valence-electron chi connectivity index (χ4n) is 4.03. The molecule has 2 aromatic carbocycles. The van der Waals surface area contributed by atoms with E-state index in [1.54, 1.807) is 23.1 Å². The number of methoxy groups -OCH3 is 3. The van der Waals surface area contributed by atoms with Crippen molar-refractivity contribution in [1.29, 1.82) is 0 Å². The van der Waals surface area contributed by atoms with Gasteiger partial charge in [0.2, 0.25) is 5.91 Å². The van der Waals surface area contributed by atoms with Gasteiger partial charge < -0.3 is 24.0 Å². The maximum Gasteiger partial charge on any atom is 0.294 e. The normalized spacial score (nSPS) is 17.2. The SMILES string of the molecule is COc1cc(OC)c(/C=C2\SC(=O)N(CC(=O)N3CCN(c4ccccc4)CC3)C2=O)c(OC)c1. The van der Waals surface area contributed by atoms with Crippen LogP contribution < -0.4 is 19.1 Å². The lowest BCUT2D eigenvalue weighted by molar-refractivity contribution is -0.136. The first-order valence-corrected chi connectivity index (χ1v) is 11.9. The Bertz CT molecular complexity index is 1120. The quantitative estimate of drug-likeness (QED) is 0.540. The standard InChI is InChI=1S/C25H27N3O6S/c1-32-18-13-20(33-2)19(21(14-18)34-3)15-22-24(30)28(25(31)35-22)16-23(29)27-11-9-26(10-12-27)17-7-5-4-6-8-17/h4-8,13-15H,9-12,16H2,1-3H3/b22-15-. The second-order valence-electron chi connectivity index (χ2n) is 7.92. The van der Waals surface area contributed by atoms with E-state index in [1.807, 2.05) is 30.3 Å². The second-order valence-corrected chi connectivity index (χ2v) is 8.91. The Morgan fingerprint density at radius 3 is 2.14 bits per heavy atom. The van der Waals surface area contributed by atoms with E-state index in [2.05, 4.69) is 4.90 Å². The zero-order chi connectivity index (χ0) is 24.9. The third-order valence-corrected chi connectivity index (χ3v) is 6.86. The number of carbonyl (C=O) groups excluding carboxylic acids is 3. The molecular formula is C25H27N3O6S. The molecule has 2 saturated heterocycles. The lowest BCUT2D eigenvalue weighted by atomic mass is 10.1. The minimum absolute atomic E-state index is 0.193. The average Bonchev–Trinajstić information content (AvgIpc) is 3.16. The minimum atomic E-state index is -0.517. The molecule has 0 aromatic heterocycles. The van der Waals surface area contributed by atoms with Crippen LogP contribution in [0.25, 0.3) is 6.08 Å². The molecule has 0 radical (unpaired) electrons. The van der Waals surface area contributed by atoms with Gasteiger partial charge in [-0.2, -0.15) is 0 Å². The number of benzene rings is 2. The summed E-state index contributed by atoms with van der Waals surface area (Å²) in [5.74, 6) is 0.625. The fourth-order valence-corrected chi connectivity index (χ4v) is 4.85. The molecule has 35 heavy (non-hydrogen) atoms. The molecule has 0 atom stereocenters. The van der Waals surface area contributed by atoms with Gasteiger partial charge in [0.1, 0.15) is 23.8 Å². The lowest BCUT2D eigenvalue weighted by Gasteiger charge is -2.36. The summed E-state index contributed by atoms with van der Waals surface area (Å²) in [5.41, 5.74) is 1.62. The summed E-state index contributed by atoms with van der Waals surface area (Å²) in [5, 5.41) is -0.482. The van der Waals surface area contributed by atoms with Crippen molar-refractivity contribution in [3.8, 4) is 17.2 Å². The van der Waals surface area contributed by atoms with E-state index in [9.17, 15) is 14.4 Å². The molecule has 0 saturated carbocycles. The summed E-state index contributed by atoms with van der Waals surface area (Å²) in [4.78, 5) is 43.6. The number of imide groups is 1. The van der Waals surface area contributed by atoms with Crippen molar-refractivity contribution in [2.24, 2.45) is 0 Å². The number of ether oxygens (including phenoxy) is 3. The van der Waals surface area contributed by atoms with Crippen LogP contribution in [0.15, 0.2) is 47.4 Å². The van der Waals surface area contributed by atoms with Crippen LogP contribution in [0.5, 0.6) is 17.2 Å². The number of rotatable bonds is 7. The van der Waals surface area contributed by atoms with E-state index in [0.717, 1.165) is 22.3 Å². The number of carbonyl (C=O) groups is 3. The molecule has 10 heteroatoms. The van der Waals surface area contributed by atoms with E-state index in [0.29, 0.717) is 49.0 Å². The van der Waals surface area contributed by atoms with Gasteiger partial charge in [-0.3, -0.25) is 19.3 Å². The number of anilines is 1. The van der Waals surface area contributed by atoms with Gasteiger partial charge >= 0.3 is 0 Å². The highest BCUT2D eigenvalue weighted by molar-refractivity contribution is 8.18. The van der Waals surface area contributed by atoms with Gasteiger partial charge in [0.25, 0.3) is 11.1 Å². The summed E-state index contributed by atoms with van der Waals surface area (Å²) >= 11 is 0.788. The third-order valence-electron chi connectivity index (χ3n) is 5.95. The molecule has 2 heterocycles. The maximum atomic E-state index is 13.0. The van der Waals surface area contributed by atoms with E-state index in [-0.39, 0.29) is 17.4 Å². The molecule has 0 aliphatic carbocycles.